The molecule has 0 aliphatic rings. The van der Waals surface area contributed by atoms with E-state index in [9.17, 15) is 9.59 Å². The minimum atomic E-state index is -1.03. The first kappa shape index (κ1) is 12.2. The smallest absolute Gasteiger partial charge is 0.325 e. The zero-order chi connectivity index (χ0) is 12.1. The molecule has 0 fully saturated rings. The van der Waals surface area contributed by atoms with E-state index in [2.05, 4.69) is 5.32 Å². The van der Waals surface area contributed by atoms with E-state index in [1.54, 1.807) is 6.92 Å². The highest BCUT2D eigenvalue weighted by Crippen LogP contribution is 2.14. The fourth-order valence-electron chi connectivity index (χ4n) is 1.29. The van der Waals surface area contributed by atoms with Crippen molar-refractivity contribution in [3.8, 4) is 0 Å². The van der Waals surface area contributed by atoms with Crippen LogP contribution in [-0.2, 0) is 9.59 Å². The second-order valence-electron chi connectivity index (χ2n) is 3.70. The topological polar surface area (TPSA) is 66.4 Å². The lowest BCUT2D eigenvalue weighted by Crippen LogP contribution is -2.40. The van der Waals surface area contributed by atoms with Crippen LogP contribution in [0.3, 0.4) is 0 Å². The molecule has 0 aliphatic carbocycles. The van der Waals surface area contributed by atoms with E-state index in [4.69, 9.17) is 5.11 Å². The van der Waals surface area contributed by atoms with Crippen molar-refractivity contribution in [2.24, 2.45) is 0 Å². The van der Waals surface area contributed by atoms with Gasteiger partial charge >= 0.3 is 5.97 Å². The van der Waals surface area contributed by atoms with Crippen LogP contribution >= 0.6 is 0 Å². The van der Waals surface area contributed by atoms with Crippen molar-refractivity contribution in [2.75, 3.05) is 0 Å². The molecule has 86 valence electrons. The summed E-state index contributed by atoms with van der Waals surface area (Å²) in [7, 11) is 0. The first-order chi connectivity index (χ1) is 7.52. The first-order valence-corrected chi connectivity index (χ1v) is 5.10. The molecule has 1 amide bonds. The highest BCUT2D eigenvalue weighted by Gasteiger charge is 2.19. The summed E-state index contributed by atoms with van der Waals surface area (Å²) in [5, 5.41) is 11.1. The Bertz CT molecular complexity index is 375. The van der Waals surface area contributed by atoms with Gasteiger partial charge in [-0.1, -0.05) is 30.3 Å². The van der Waals surface area contributed by atoms with Gasteiger partial charge in [-0.05, 0) is 19.4 Å². The number of amides is 1. The number of carboxylic acid groups (broad SMARTS) is 1. The monoisotopic (exact) mass is 221 g/mol. The Balaban J connectivity index is 2.65. The second-order valence-corrected chi connectivity index (χ2v) is 3.70. The number of carbonyl (C=O) groups excluding carboxylic acids is 1. The fourth-order valence-corrected chi connectivity index (χ4v) is 1.29. The largest absolute Gasteiger partial charge is 0.480 e. The molecular weight excluding hydrogens is 206 g/mol. The van der Waals surface area contributed by atoms with Crippen molar-refractivity contribution in [3.63, 3.8) is 0 Å². The van der Waals surface area contributed by atoms with Crippen LogP contribution in [0, 0.1) is 0 Å². The van der Waals surface area contributed by atoms with E-state index in [-0.39, 0.29) is 11.8 Å². The minimum Gasteiger partial charge on any atom is -0.480 e. The summed E-state index contributed by atoms with van der Waals surface area (Å²) in [5.74, 6) is -1.65. The molecule has 0 aromatic heterocycles. The maximum absolute atomic E-state index is 11.7. The molecule has 0 saturated carbocycles. The van der Waals surface area contributed by atoms with E-state index in [0.29, 0.717) is 0 Å². The lowest BCUT2D eigenvalue weighted by atomic mass is 10.0. The Labute approximate surface area is 94.3 Å². The summed E-state index contributed by atoms with van der Waals surface area (Å²) in [5.41, 5.74) is 0.873. The molecule has 0 spiro atoms. The number of benzene rings is 1. The highest BCUT2D eigenvalue weighted by atomic mass is 16.4. The molecule has 2 N–H and O–H groups in total. The molecule has 0 bridgehead atoms. The normalized spacial score (nSPS) is 13.9. The SMILES string of the molecule is CC(NC(=O)[C@H](C)c1ccccc1)C(=O)O. The quantitative estimate of drug-likeness (QED) is 0.807. The summed E-state index contributed by atoms with van der Waals surface area (Å²) >= 11 is 0. The molecule has 16 heavy (non-hydrogen) atoms. The summed E-state index contributed by atoms with van der Waals surface area (Å²) in [4.78, 5) is 22.3. The van der Waals surface area contributed by atoms with Gasteiger partial charge < -0.3 is 10.4 Å². The second kappa shape index (κ2) is 5.30. The molecule has 4 nitrogen and oxygen atoms in total. The summed E-state index contributed by atoms with van der Waals surface area (Å²) in [6, 6.07) is 8.39. The van der Waals surface area contributed by atoms with E-state index in [1.807, 2.05) is 30.3 Å². The van der Waals surface area contributed by atoms with Gasteiger partial charge in [-0.3, -0.25) is 9.59 Å². The summed E-state index contributed by atoms with van der Waals surface area (Å²) in [6.07, 6.45) is 0. The van der Waals surface area contributed by atoms with E-state index in [1.165, 1.54) is 6.92 Å². The Hall–Kier alpha value is -1.84. The number of rotatable bonds is 4. The Morgan fingerprint density at radius 2 is 1.75 bits per heavy atom. The van der Waals surface area contributed by atoms with Gasteiger partial charge in [0.2, 0.25) is 5.91 Å². The standard InChI is InChI=1S/C12H15NO3/c1-8(10-6-4-3-5-7-10)11(14)13-9(2)12(15)16/h3-9H,1-2H3,(H,13,14)(H,15,16)/t8-,9?/m1/s1. The van der Waals surface area contributed by atoms with Gasteiger partial charge in [0, 0.05) is 0 Å². The van der Waals surface area contributed by atoms with Crippen LogP contribution in [0.5, 0.6) is 0 Å². The number of carbonyl (C=O) groups is 2. The Morgan fingerprint density at radius 3 is 2.25 bits per heavy atom. The Kier molecular flexibility index (Phi) is 4.05. The van der Waals surface area contributed by atoms with Crippen molar-refractivity contribution < 1.29 is 14.7 Å². The van der Waals surface area contributed by atoms with Crippen molar-refractivity contribution >= 4 is 11.9 Å². The molecule has 2 atom stereocenters. The lowest BCUT2D eigenvalue weighted by Gasteiger charge is -2.14. The van der Waals surface area contributed by atoms with E-state index < -0.39 is 12.0 Å². The average Bonchev–Trinajstić information content (AvgIpc) is 2.28. The van der Waals surface area contributed by atoms with Crippen LogP contribution in [0.25, 0.3) is 0 Å². The minimum absolute atomic E-state index is 0.277. The van der Waals surface area contributed by atoms with E-state index in [0.717, 1.165) is 5.56 Å². The number of carboxylic acids is 1. The maximum atomic E-state index is 11.7. The number of aliphatic carboxylic acids is 1. The van der Waals surface area contributed by atoms with Crippen molar-refractivity contribution in [2.45, 2.75) is 25.8 Å². The summed E-state index contributed by atoms with van der Waals surface area (Å²) in [6.45, 7) is 3.19. The van der Waals surface area contributed by atoms with E-state index >= 15 is 0 Å². The molecule has 1 aromatic rings. The molecule has 4 heteroatoms. The third-order valence-corrected chi connectivity index (χ3v) is 2.42. The van der Waals surface area contributed by atoms with Gasteiger partial charge in [0.05, 0.1) is 5.92 Å². The van der Waals surface area contributed by atoms with Gasteiger partial charge in [0.25, 0.3) is 0 Å². The van der Waals surface area contributed by atoms with Crippen LogP contribution in [0.15, 0.2) is 30.3 Å². The molecule has 1 aromatic carbocycles. The van der Waals surface area contributed by atoms with Crippen LogP contribution in [0.2, 0.25) is 0 Å². The third-order valence-electron chi connectivity index (χ3n) is 2.42. The highest BCUT2D eigenvalue weighted by molar-refractivity contribution is 5.87. The van der Waals surface area contributed by atoms with Crippen LogP contribution in [0.1, 0.15) is 25.3 Å². The fraction of sp³-hybridized carbons (Fsp3) is 0.333. The van der Waals surface area contributed by atoms with Crippen molar-refractivity contribution in [1.29, 1.82) is 0 Å². The van der Waals surface area contributed by atoms with Gasteiger partial charge in [0.15, 0.2) is 0 Å². The first-order valence-electron chi connectivity index (χ1n) is 5.10. The zero-order valence-electron chi connectivity index (χ0n) is 9.31. The summed E-state index contributed by atoms with van der Waals surface area (Å²) < 4.78 is 0. The average molecular weight is 221 g/mol. The van der Waals surface area contributed by atoms with Gasteiger partial charge in [0.1, 0.15) is 6.04 Å². The molecular formula is C12H15NO3. The van der Waals surface area contributed by atoms with Crippen molar-refractivity contribution in [3.05, 3.63) is 35.9 Å². The Morgan fingerprint density at radius 1 is 1.19 bits per heavy atom. The zero-order valence-corrected chi connectivity index (χ0v) is 9.31. The van der Waals surface area contributed by atoms with Crippen molar-refractivity contribution in [1.82, 2.24) is 5.32 Å². The number of hydrogen-bond donors (Lipinski definition) is 2. The molecule has 0 heterocycles. The van der Waals surface area contributed by atoms with Gasteiger partial charge in [-0.25, -0.2) is 0 Å². The molecule has 0 radical (unpaired) electrons. The molecule has 0 saturated heterocycles. The third kappa shape index (κ3) is 3.08. The van der Waals surface area contributed by atoms with Crippen LogP contribution in [-0.4, -0.2) is 23.0 Å². The predicted octanol–water partition coefficient (Wildman–Crippen LogP) is 1.38. The van der Waals surface area contributed by atoms with Crippen LogP contribution < -0.4 is 5.32 Å². The van der Waals surface area contributed by atoms with Crippen LogP contribution in [0.4, 0.5) is 0 Å². The van der Waals surface area contributed by atoms with Gasteiger partial charge in [-0.15, -0.1) is 0 Å². The number of nitrogens with one attached hydrogen (secondary N) is 1. The lowest BCUT2D eigenvalue weighted by molar-refractivity contribution is -0.141. The molecule has 1 rings (SSSR count). The maximum Gasteiger partial charge on any atom is 0.325 e. The predicted molar refractivity (Wildman–Crippen MR) is 60.1 cm³/mol. The van der Waals surface area contributed by atoms with Gasteiger partial charge in [-0.2, -0.15) is 0 Å². The number of hydrogen-bond acceptors (Lipinski definition) is 2. The molecule has 0 aliphatic heterocycles. The molecule has 1 unspecified atom stereocenters.